The highest BCUT2D eigenvalue weighted by Crippen LogP contribution is 2.28. The summed E-state index contributed by atoms with van der Waals surface area (Å²) < 4.78 is 1.15. The summed E-state index contributed by atoms with van der Waals surface area (Å²) in [6.45, 7) is 13.1. The topological polar surface area (TPSA) is 24.1 Å². The third-order valence-corrected chi connectivity index (χ3v) is 4.23. The molecule has 0 heterocycles. The average Bonchev–Trinajstić information content (AvgIpc) is 2.31. The van der Waals surface area contributed by atoms with Crippen molar-refractivity contribution in [2.24, 2.45) is 0 Å². The highest BCUT2D eigenvalue weighted by molar-refractivity contribution is 9.10. The van der Waals surface area contributed by atoms with Crippen LogP contribution in [-0.2, 0) is 5.41 Å². The van der Waals surface area contributed by atoms with E-state index in [2.05, 4.69) is 79.4 Å². The summed E-state index contributed by atoms with van der Waals surface area (Å²) in [6.07, 6.45) is 0. The Morgan fingerprint density at radius 1 is 1.11 bits per heavy atom. The van der Waals surface area contributed by atoms with E-state index in [1.54, 1.807) is 0 Å². The molecule has 0 atom stereocenters. The van der Waals surface area contributed by atoms with Crippen LogP contribution in [0, 0.1) is 6.92 Å². The molecule has 0 aromatic heterocycles. The maximum atomic E-state index is 3.58. The highest BCUT2D eigenvalue weighted by atomic mass is 79.9. The third kappa shape index (κ3) is 4.90. The number of hydrogen-bond acceptors (Lipinski definition) is 2. The molecule has 0 aliphatic rings. The van der Waals surface area contributed by atoms with Crippen molar-refractivity contribution in [2.75, 3.05) is 20.1 Å². The first-order chi connectivity index (χ1) is 8.68. The molecule has 3 heteroatoms. The predicted molar refractivity (Wildman–Crippen MR) is 87.9 cm³/mol. The van der Waals surface area contributed by atoms with Crippen molar-refractivity contribution in [2.45, 2.75) is 45.6 Å². The van der Waals surface area contributed by atoms with Crippen molar-refractivity contribution in [1.29, 1.82) is 0 Å². The Morgan fingerprint density at radius 3 is 2.32 bits per heavy atom. The molecule has 108 valence electrons. The first kappa shape index (κ1) is 16.7. The van der Waals surface area contributed by atoms with Crippen molar-refractivity contribution in [3.8, 4) is 0 Å². The second-order valence-electron chi connectivity index (χ2n) is 6.58. The van der Waals surface area contributed by atoms with Crippen LogP contribution in [0.1, 0.15) is 38.8 Å². The van der Waals surface area contributed by atoms with Crippen molar-refractivity contribution in [3.63, 3.8) is 0 Å². The predicted octanol–water partition coefficient (Wildman–Crippen LogP) is 3.62. The number of hydrogen-bond donors (Lipinski definition) is 2. The smallest absolute Gasteiger partial charge is 0.0246 e. The molecule has 1 rings (SSSR count). The lowest BCUT2D eigenvalue weighted by Gasteiger charge is -2.31. The molecule has 0 saturated carbocycles. The van der Waals surface area contributed by atoms with E-state index < -0.39 is 0 Å². The van der Waals surface area contributed by atoms with Gasteiger partial charge in [0.25, 0.3) is 0 Å². The van der Waals surface area contributed by atoms with Gasteiger partial charge in [0.1, 0.15) is 0 Å². The molecule has 19 heavy (non-hydrogen) atoms. The lowest BCUT2D eigenvalue weighted by atomic mass is 9.82. The highest BCUT2D eigenvalue weighted by Gasteiger charge is 2.23. The summed E-state index contributed by atoms with van der Waals surface area (Å²) in [4.78, 5) is 0. The Bertz CT molecular complexity index is 425. The fraction of sp³-hybridized carbons (Fsp3) is 0.625. The van der Waals surface area contributed by atoms with Crippen LogP contribution < -0.4 is 10.6 Å². The average molecular weight is 327 g/mol. The van der Waals surface area contributed by atoms with Gasteiger partial charge in [-0.05, 0) is 51.1 Å². The molecule has 0 amide bonds. The molecule has 0 bridgehead atoms. The number of aryl methyl sites for hydroxylation is 1. The molecular weight excluding hydrogens is 300 g/mol. The van der Waals surface area contributed by atoms with Gasteiger partial charge in [0.05, 0.1) is 0 Å². The van der Waals surface area contributed by atoms with Crippen molar-refractivity contribution < 1.29 is 0 Å². The zero-order valence-corrected chi connectivity index (χ0v) is 14.6. The monoisotopic (exact) mass is 326 g/mol. The number of halogens is 1. The van der Waals surface area contributed by atoms with Crippen LogP contribution in [0.15, 0.2) is 22.7 Å². The largest absolute Gasteiger partial charge is 0.314 e. The van der Waals surface area contributed by atoms with E-state index >= 15 is 0 Å². The lowest BCUT2D eigenvalue weighted by molar-refractivity contribution is 0.367. The van der Waals surface area contributed by atoms with Gasteiger partial charge in [-0.3, -0.25) is 0 Å². The zero-order chi connectivity index (χ0) is 14.7. The molecule has 2 N–H and O–H groups in total. The van der Waals surface area contributed by atoms with Crippen molar-refractivity contribution >= 4 is 15.9 Å². The molecule has 0 saturated heterocycles. The van der Waals surface area contributed by atoms with Crippen LogP contribution in [0.4, 0.5) is 0 Å². The second-order valence-corrected chi connectivity index (χ2v) is 7.50. The van der Waals surface area contributed by atoms with Crippen LogP contribution in [0.3, 0.4) is 0 Å². The first-order valence-corrected chi connectivity index (χ1v) is 7.63. The van der Waals surface area contributed by atoms with E-state index in [9.17, 15) is 0 Å². The fourth-order valence-electron chi connectivity index (χ4n) is 2.19. The molecule has 1 aromatic carbocycles. The first-order valence-electron chi connectivity index (χ1n) is 6.84. The quantitative estimate of drug-likeness (QED) is 0.834. The van der Waals surface area contributed by atoms with Gasteiger partial charge in [-0.1, -0.05) is 35.8 Å². The lowest BCUT2D eigenvalue weighted by Crippen LogP contribution is -2.48. The van der Waals surface area contributed by atoms with Gasteiger partial charge >= 0.3 is 0 Å². The Labute approximate surface area is 126 Å². The van der Waals surface area contributed by atoms with Gasteiger partial charge in [-0.15, -0.1) is 0 Å². The Morgan fingerprint density at radius 2 is 1.74 bits per heavy atom. The molecule has 2 nitrogen and oxygen atoms in total. The van der Waals surface area contributed by atoms with Crippen LogP contribution in [0.25, 0.3) is 0 Å². The van der Waals surface area contributed by atoms with E-state index in [1.165, 1.54) is 11.1 Å². The van der Waals surface area contributed by atoms with E-state index in [-0.39, 0.29) is 11.0 Å². The van der Waals surface area contributed by atoms with E-state index in [1.807, 2.05) is 7.05 Å². The summed E-state index contributed by atoms with van der Waals surface area (Å²) >= 11 is 3.57. The summed E-state index contributed by atoms with van der Waals surface area (Å²) in [7, 11) is 2.01. The molecule has 0 unspecified atom stereocenters. The Kier molecular flexibility index (Phi) is 5.60. The number of benzene rings is 1. The van der Waals surface area contributed by atoms with Crippen LogP contribution in [-0.4, -0.2) is 25.7 Å². The van der Waals surface area contributed by atoms with E-state index in [4.69, 9.17) is 0 Å². The molecule has 0 aliphatic heterocycles. The normalized spacial score (nSPS) is 12.8. The third-order valence-electron chi connectivity index (χ3n) is 3.74. The number of rotatable bonds is 6. The van der Waals surface area contributed by atoms with E-state index in [0.717, 1.165) is 17.6 Å². The maximum Gasteiger partial charge on any atom is 0.0246 e. The molecular formula is C16H27BrN2. The van der Waals surface area contributed by atoms with Gasteiger partial charge in [0.15, 0.2) is 0 Å². The molecule has 1 aromatic rings. The minimum Gasteiger partial charge on any atom is -0.314 e. The van der Waals surface area contributed by atoms with Gasteiger partial charge < -0.3 is 10.6 Å². The molecule has 0 spiro atoms. The number of nitrogens with one attached hydrogen (secondary N) is 2. The standard InChI is InChI=1S/C16H27BrN2/c1-12-7-8-13(17)9-14(12)15(2,3)10-19-11-16(4,5)18-6/h7-9,18-19H,10-11H2,1-6H3. The summed E-state index contributed by atoms with van der Waals surface area (Å²) in [5.74, 6) is 0. The summed E-state index contributed by atoms with van der Waals surface area (Å²) in [5, 5.41) is 6.90. The van der Waals surface area contributed by atoms with Crippen molar-refractivity contribution in [1.82, 2.24) is 10.6 Å². The van der Waals surface area contributed by atoms with Gasteiger partial charge in [0, 0.05) is 28.5 Å². The summed E-state index contributed by atoms with van der Waals surface area (Å²) in [5.41, 5.74) is 3.00. The fourth-order valence-corrected chi connectivity index (χ4v) is 2.56. The molecule has 0 aliphatic carbocycles. The summed E-state index contributed by atoms with van der Waals surface area (Å²) in [6, 6.07) is 6.52. The molecule has 0 fully saturated rings. The van der Waals surface area contributed by atoms with Gasteiger partial charge in [-0.2, -0.15) is 0 Å². The minimum atomic E-state index is 0.123. The molecule has 0 radical (unpaired) electrons. The van der Waals surface area contributed by atoms with E-state index in [0.29, 0.717) is 0 Å². The Hall–Kier alpha value is -0.380. The SMILES string of the molecule is CNC(C)(C)CNCC(C)(C)c1cc(Br)ccc1C. The minimum absolute atomic E-state index is 0.123. The zero-order valence-electron chi connectivity index (χ0n) is 13.0. The Balaban J connectivity index is 2.73. The van der Waals surface area contributed by atoms with Crippen LogP contribution >= 0.6 is 15.9 Å². The van der Waals surface area contributed by atoms with Crippen molar-refractivity contribution in [3.05, 3.63) is 33.8 Å². The van der Waals surface area contributed by atoms with Crippen LogP contribution in [0.2, 0.25) is 0 Å². The number of likely N-dealkylation sites (N-methyl/N-ethyl adjacent to an activating group) is 1. The van der Waals surface area contributed by atoms with Gasteiger partial charge in [-0.25, -0.2) is 0 Å². The van der Waals surface area contributed by atoms with Gasteiger partial charge in [0.2, 0.25) is 0 Å². The van der Waals surface area contributed by atoms with Crippen LogP contribution in [0.5, 0.6) is 0 Å². The second kappa shape index (κ2) is 6.38. The maximum absolute atomic E-state index is 3.58.